The Kier molecular flexibility index (Phi) is 3.30. The Morgan fingerprint density at radius 2 is 2.36 bits per heavy atom. The van der Waals surface area contributed by atoms with Gasteiger partial charge in [0.05, 0.1) is 6.04 Å². The molecule has 0 aliphatic carbocycles. The molecule has 1 aliphatic heterocycles. The molecule has 1 atom stereocenters. The Labute approximate surface area is 67.7 Å². The van der Waals surface area contributed by atoms with E-state index in [2.05, 4.69) is 5.32 Å². The first kappa shape index (κ1) is 8.47. The number of hydrogen-bond donors (Lipinski definition) is 1. The van der Waals surface area contributed by atoms with Gasteiger partial charge < -0.3 is 5.32 Å². The van der Waals surface area contributed by atoms with Gasteiger partial charge in [0.2, 0.25) is 0 Å². The van der Waals surface area contributed by atoms with E-state index in [4.69, 9.17) is 0 Å². The summed E-state index contributed by atoms with van der Waals surface area (Å²) in [5.74, 6) is 0.229. The van der Waals surface area contributed by atoms with Gasteiger partial charge in [-0.1, -0.05) is 12.5 Å². The molecule has 0 radical (unpaired) electrons. The molecule has 1 N–H and O–H groups in total. The van der Waals surface area contributed by atoms with Crippen molar-refractivity contribution in [3.63, 3.8) is 0 Å². The molecule has 62 valence electrons. The fourth-order valence-corrected chi connectivity index (χ4v) is 1.38. The minimum Gasteiger partial charge on any atom is -0.307 e. The number of carbonyl (C=O) groups is 1. The molecular weight excluding hydrogens is 138 g/mol. The van der Waals surface area contributed by atoms with Crippen LogP contribution in [0.5, 0.6) is 0 Å². The second-order valence-corrected chi connectivity index (χ2v) is 2.90. The predicted octanol–water partition coefficient (Wildman–Crippen LogP) is 1.27. The highest BCUT2D eigenvalue weighted by Crippen LogP contribution is 2.07. The van der Waals surface area contributed by atoms with E-state index in [-0.39, 0.29) is 11.8 Å². The van der Waals surface area contributed by atoms with E-state index in [9.17, 15) is 4.79 Å². The van der Waals surface area contributed by atoms with E-state index in [1.807, 2.05) is 6.92 Å². The van der Waals surface area contributed by atoms with Crippen LogP contribution in [0.2, 0.25) is 0 Å². The van der Waals surface area contributed by atoms with Gasteiger partial charge >= 0.3 is 0 Å². The summed E-state index contributed by atoms with van der Waals surface area (Å²) < 4.78 is 0. The van der Waals surface area contributed by atoms with Crippen molar-refractivity contribution in [2.45, 2.75) is 32.2 Å². The maximum Gasteiger partial charge on any atom is 0.172 e. The molecule has 1 saturated heterocycles. The zero-order valence-electron chi connectivity index (χ0n) is 6.97. The molecule has 2 nitrogen and oxygen atoms in total. The summed E-state index contributed by atoms with van der Waals surface area (Å²) in [4.78, 5) is 11.2. The average molecular weight is 153 g/mol. The highest BCUT2D eigenvalue weighted by atomic mass is 16.1. The predicted molar refractivity (Wildman–Crippen MR) is 45.5 cm³/mol. The van der Waals surface area contributed by atoms with Crippen LogP contribution < -0.4 is 5.32 Å². The van der Waals surface area contributed by atoms with E-state index in [1.165, 1.54) is 12.8 Å². The van der Waals surface area contributed by atoms with Crippen molar-refractivity contribution in [3.8, 4) is 0 Å². The molecule has 0 spiro atoms. The first-order valence-corrected chi connectivity index (χ1v) is 4.24. The van der Waals surface area contributed by atoms with Crippen LogP contribution in [-0.2, 0) is 4.79 Å². The average Bonchev–Trinajstić information content (AvgIpc) is 2.07. The van der Waals surface area contributed by atoms with Gasteiger partial charge in [0.15, 0.2) is 5.78 Å². The highest BCUT2D eigenvalue weighted by molar-refractivity contribution is 5.94. The standard InChI is InChI=1S/C9H15NO/c1-2-5-9(11)8-6-3-4-7-10-8/h2,5,8,10H,3-4,6-7H2,1H3/b5-2+/t8-/m1/s1. The molecule has 1 rings (SSSR count). The minimum atomic E-state index is 0.0972. The first-order chi connectivity index (χ1) is 5.34. The van der Waals surface area contributed by atoms with Crippen LogP contribution in [0.3, 0.4) is 0 Å². The van der Waals surface area contributed by atoms with E-state index in [0.29, 0.717) is 0 Å². The number of rotatable bonds is 2. The third-order valence-electron chi connectivity index (χ3n) is 1.98. The largest absolute Gasteiger partial charge is 0.307 e. The zero-order valence-corrected chi connectivity index (χ0v) is 6.97. The summed E-state index contributed by atoms with van der Waals surface area (Å²) in [5, 5.41) is 3.20. The van der Waals surface area contributed by atoms with Crippen molar-refractivity contribution < 1.29 is 4.79 Å². The van der Waals surface area contributed by atoms with Crippen LogP contribution in [0, 0.1) is 0 Å². The maximum absolute atomic E-state index is 11.2. The number of piperidine rings is 1. The smallest absolute Gasteiger partial charge is 0.172 e. The van der Waals surface area contributed by atoms with Crippen molar-refractivity contribution in [1.29, 1.82) is 0 Å². The molecular formula is C9H15NO. The van der Waals surface area contributed by atoms with Gasteiger partial charge in [0.1, 0.15) is 0 Å². The van der Waals surface area contributed by atoms with E-state index >= 15 is 0 Å². The highest BCUT2D eigenvalue weighted by Gasteiger charge is 2.17. The monoisotopic (exact) mass is 153 g/mol. The third kappa shape index (κ3) is 2.46. The Balaban J connectivity index is 2.38. The molecule has 1 fully saturated rings. The summed E-state index contributed by atoms with van der Waals surface area (Å²) >= 11 is 0. The Morgan fingerprint density at radius 1 is 1.55 bits per heavy atom. The molecule has 1 heterocycles. The van der Waals surface area contributed by atoms with Gasteiger partial charge in [-0.25, -0.2) is 0 Å². The van der Waals surface area contributed by atoms with E-state index in [1.54, 1.807) is 12.2 Å². The summed E-state index contributed by atoms with van der Waals surface area (Å²) in [7, 11) is 0. The molecule has 2 heteroatoms. The van der Waals surface area contributed by atoms with Crippen molar-refractivity contribution in [3.05, 3.63) is 12.2 Å². The quantitative estimate of drug-likeness (QED) is 0.605. The summed E-state index contributed by atoms with van der Waals surface area (Å²) in [6.45, 7) is 2.87. The lowest BCUT2D eigenvalue weighted by Gasteiger charge is -2.20. The van der Waals surface area contributed by atoms with Gasteiger partial charge in [-0.3, -0.25) is 4.79 Å². The lowest BCUT2D eigenvalue weighted by molar-refractivity contribution is -0.117. The molecule has 0 unspecified atom stereocenters. The molecule has 0 amide bonds. The number of carbonyl (C=O) groups excluding carboxylic acids is 1. The lowest BCUT2D eigenvalue weighted by atomic mass is 10.0. The summed E-state index contributed by atoms with van der Waals surface area (Å²) in [5.41, 5.74) is 0. The van der Waals surface area contributed by atoms with Gasteiger partial charge in [0.25, 0.3) is 0 Å². The van der Waals surface area contributed by atoms with Crippen LogP contribution in [0.4, 0.5) is 0 Å². The van der Waals surface area contributed by atoms with Gasteiger partial charge in [-0.05, 0) is 32.4 Å². The molecule has 0 bridgehead atoms. The Hall–Kier alpha value is -0.630. The van der Waals surface area contributed by atoms with Crippen molar-refractivity contribution >= 4 is 5.78 Å². The topological polar surface area (TPSA) is 29.1 Å². The Bertz CT molecular complexity index is 157. The van der Waals surface area contributed by atoms with Gasteiger partial charge in [-0.2, -0.15) is 0 Å². The molecule has 1 aliphatic rings. The van der Waals surface area contributed by atoms with Crippen LogP contribution >= 0.6 is 0 Å². The van der Waals surface area contributed by atoms with E-state index in [0.717, 1.165) is 13.0 Å². The number of hydrogen-bond acceptors (Lipinski definition) is 2. The fourth-order valence-electron chi connectivity index (χ4n) is 1.38. The minimum absolute atomic E-state index is 0.0972. The summed E-state index contributed by atoms with van der Waals surface area (Å²) in [6, 6.07) is 0.0972. The van der Waals surface area contributed by atoms with Gasteiger partial charge in [-0.15, -0.1) is 0 Å². The van der Waals surface area contributed by atoms with E-state index < -0.39 is 0 Å². The molecule has 0 aromatic carbocycles. The number of ketones is 1. The van der Waals surface area contributed by atoms with Crippen LogP contribution in [-0.4, -0.2) is 18.4 Å². The maximum atomic E-state index is 11.2. The van der Waals surface area contributed by atoms with Crippen molar-refractivity contribution in [2.24, 2.45) is 0 Å². The number of allylic oxidation sites excluding steroid dienone is 1. The molecule has 0 aromatic rings. The SMILES string of the molecule is C/C=C/C(=O)[C@H]1CCCCN1. The van der Waals surface area contributed by atoms with Crippen LogP contribution in [0.25, 0.3) is 0 Å². The molecule has 0 aromatic heterocycles. The molecule has 0 saturated carbocycles. The fraction of sp³-hybridized carbons (Fsp3) is 0.667. The Morgan fingerprint density at radius 3 is 2.91 bits per heavy atom. The van der Waals surface area contributed by atoms with Crippen molar-refractivity contribution in [2.75, 3.05) is 6.54 Å². The van der Waals surface area contributed by atoms with Crippen LogP contribution in [0.15, 0.2) is 12.2 Å². The van der Waals surface area contributed by atoms with Gasteiger partial charge in [0, 0.05) is 0 Å². The van der Waals surface area contributed by atoms with Crippen LogP contribution in [0.1, 0.15) is 26.2 Å². The third-order valence-corrected chi connectivity index (χ3v) is 1.98. The first-order valence-electron chi connectivity index (χ1n) is 4.24. The lowest BCUT2D eigenvalue weighted by Crippen LogP contribution is -2.39. The van der Waals surface area contributed by atoms with Crippen molar-refractivity contribution in [1.82, 2.24) is 5.32 Å². The number of nitrogens with one attached hydrogen (secondary N) is 1. The normalized spacial score (nSPS) is 25.7. The molecule has 11 heavy (non-hydrogen) atoms. The zero-order chi connectivity index (χ0) is 8.10. The summed E-state index contributed by atoms with van der Waals surface area (Å²) in [6.07, 6.45) is 6.85. The second kappa shape index (κ2) is 4.29. The second-order valence-electron chi connectivity index (χ2n) is 2.90.